The summed E-state index contributed by atoms with van der Waals surface area (Å²) >= 11 is 0. The van der Waals surface area contributed by atoms with Crippen molar-refractivity contribution in [3.05, 3.63) is 0 Å². The second-order valence-corrected chi connectivity index (χ2v) is 4.35. The third-order valence-electron chi connectivity index (χ3n) is 2.62. The Kier molecular flexibility index (Phi) is 5.12. The average Bonchev–Trinajstić information content (AvgIpc) is 2.21. The molecule has 5 nitrogen and oxygen atoms in total. The molecule has 5 heteroatoms. The van der Waals surface area contributed by atoms with Gasteiger partial charge in [-0.3, -0.25) is 14.4 Å². The molecular formula is C12H18O5. The lowest BCUT2D eigenvalue weighted by atomic mass is 10.0. The van der Waals surface area contributed by atoms with Gasteiger partial charge in [-0.1, -0.05) is 0 Å². The van der Waals surface area contributed by atoms with E-state index in [9.17, 15) is 14.4 Å². The van der Waals surface area contributed by atoms with E-state index >= 15 is 0 Å². The van der Waals surface area contributed by atoms with Crippen LogP contribution in [0.15, 0.2) is 0 Å². The number of hydrogen-bond donors (Lipinski definition) is 0. The first kappa shape index (κ1) is 13.7. The molecule has 17 heavy (non-hydrogen) atoms. The lowest BCUT2D eigenvalue weighted by Gasteiger charge is -2.20. The maximum Gasteiger partial charge on any atom is 0.306 e. The van der Waals surface area contributed by atoms with Crippen LogP contribution >= 0.6 is 0 Å². The minimum absolute atomic E-state index is 0.0426. The van der Waals surface area contributed by atoms with Crippen LogP contribution in [0, 0.1) is 0 Å². The van der Waals surface area contributed by atoms with Gasteiger partial charge in [-0.2, -0.15) is 0 Å². The molecule has 1 aliphatic heterocycles. The number of rotatable bonds is 1. The number of esters is 2. The second kappa shape index (κ2) is 6.37. The van der Waals surface area contributed by atoms with Gasteiger partial charge in [-0.25, -0.2) is 0 Å². The fourth-order valence-corrected chi connectivity index (χ4v) is 1.78. The number of ketones is 1. The van der Waals surface area contributed by atoms with Crippen molar-refractivity contribution in [2.45, 2.75) is 58.2 Å². The van der Waals surface area contributed by atoms with Gasteiger partial charge in [0.25, 0.3) is 0 Å². The molecule has 0 aliphatic carbocycles. The summed E-state index contributed by atoms with van der Waals surface area (Å²) in [7, 11) is 0. The fraction of sp³-hybridized carbons (Fsp3) is 0.750. The van der Waals surface area contributed by atoms with Crippen LogP contribution in [0.1, 0.15) is 46.0 Å². The van der Waals surface area contributed by atoms with Crippen LogP contribution in [0.3, 0.4) is 0 Å². The summed E-state index contributed by atoms with van der Waals surface area (Å²) in [5.74, 6) is -0.688. The van der Waals surface area contributed by atoms with E-state index in [0.29, 0.717) is 19.3 Å². The molecule has 0 unspecified atom stereocenters. The number of hydrogen-bond acceptors (Lipinski definition) is 5. The summed E-state index contributed by atoms with van der Waals surface area (Å²) in [4.78, 5) is 33.8. The first-order chi connectivity index (χ1) is 7.97. The Morgan fingerprint density at radius 2 is 2.00 bits per heavy atom. The first-order valence-corrected chi connectivity index (χ1v) is 5.85. The lowest BCUT2D eigenvalue weighted by molar-refractivity contribution is -0.155. The highest BCUT2D eigenvalue weighted by molar-refractivity contribution is 5.79. The highest BCUT2D eigenvalue weighted by atomic mass is 16.5. The minimum Gasteiger partial charge on any atom is -0.463 e. The van der Waals surface area contributed by atoms with Crippen LogP contribution in [0.25, 0.3) is 0 Å². The monoisotopic (exact) mass is 242 g/mol. The molecule has 0 aromatic carbocycles. The molecule has 0 spiro atoms. The van der Waals surface area contributed by atoms with Gasteiger partial charge in [0, 0.05) is 26.2 Å². The van der Waals surface area contributed by atoms with E-state index in [0.717, 1.165) is 0 Å². The Morgan fingerprint density at radius 1 is 1.29 bits per heavy atom. The van der Waals surface area contributed by atoms with Gasteiger partial charge in [-0.05, 0) is 19.8 Å². The van der Waals surface area contributed by atoms with E-state index in [1.165, 1.54) is 6.92 Å². The normalized spacial score (nSPS) is 27.2. The molecule has 0 aromatic rings. The van der Waals surface area contributed by atoms with Crippen LogP contribution in [-0.2, 0) is 23.9 Å². The Hall–Kier alpha value is -1.39. The molecule has 1 aliphatic rings. The second-order valence-electron chi connectivity index (χ2n) is 4.35. The predicted octanol–water partition coefficient (Wildman–Crippen LogP) is 1.38. The van der Waals surface area contributed by atoms with E-state index in [4.69, 9.17) is 9.47 Å². The molecule has 0 bridgehead atoms. The number of ether oxygens (including phenoxy) is 2. The van der Waals surface area contributed by atoms with Crippen molar-refractivity contribution >= 4 is 17.7 Å². The van der Waals surface area contributed by atoms with Crippen molar-refractivity contribution < 1.29 is 23.9 Å². The van der Waals surface area contributed by atoms with Gasteiger partial charge >= 0.3 is 11.9 Å². The lowest BCUT2D eigenvalue weighted by Crippen LogP contribution is -2.25. The van der Waals surface area contributed by atoms with Crippen LogP contribution in [-0.4, -0.2) is 29.9 Å². The van der Waals surface area contributed by atoms with Crippen molar-refractivity contribution in [1.82, 2.24) is 0 Å². The maximum atomic E-state index is 11.6. The summed E-state index contributed by atoms with van der Waals surface area (Å²) in [6.07, 6.45) is 0.868. The van der Waals surface area contributed by atoms with Crippen molar-refractivity contribution in [3.8, 4) is 0 Å². The zero-order valence-electron chi connectivity index (χ0n) is 10.2. The Balaban J connectivity index is 2.59. The minimum atomic E-state index is -0.499. The number of carbonyl (C=O) groups is 3. The smallest absolute Gasteiger partial charge is 0.306 e. The van der Waals surface area contributed by atoms with Crippen molar-refractivity contribution in [2.24, 2.45) is 0 Å². The highest BCUT2D eigenvalue weighted by Gasteiger charge is 2.22. The highest BCUT2D eigenvalue weighted by Crippen LogP contribution is 2.15. The van der Waals surface area contributed by atoms with Gasteiger partial charge in [-0.15, -0.1) is 0 Å². The van der Waals surface area contributed by atoms with Crippen molar-refractivity contribution in [3.63, 3.8) is 0 Å². The molecule has 0 saturated carbocycles. The summed E-state index contributed by atoms with van der Waals surface area (Å²) in [6, 6.07) is 0. The standard InChI is InChI=1S/C12H18O5/c1-8-3-4-10(14)7-11(17-9(2)13)5-6-12(15)16-8/h8,11H,3-7H2,1-2H3/t8-,11+/m0/s1. The zero-order valence-corrected chi connectivity index (χ0v) is 10.2. The van der Waals surface area contributed by atoms with Gasteiger partial charge in [0.15, 0.2) is 0 Å². The summed E-state index contributed by atoms with van der Waals surface area (Å²) in [5, 5.41) is 0. The van der Waals surface area contributed by atoms with Crippen LogP contribution in [0.2, 0.25) is 0 Å². The third kappa shape index (κ3) is 5.47. The van der Waals surface area contributed by atoms with Crippen LogP contribution < -0.4 is 0 Å². The summed E-state index contributed by atoms with van der Waals surface area (Å²) < 4.78 is 10.1. The molecule has 1 heterocycles. The molecular weight excluding hydrogens is 224 g/mol. The number of carbonyl (C=O) groups excluding carboxylic acids is 3. The van der Waals surface area contributed by atoms with Crippen LogP contribution in [0.4, 0.5) is 0 Å². The molecule has 1 fully saturated rings. The molecule has 2 atom stereocenters. The molecule has 0 aromatic heterocycles. The van der Waals surface area contributed by atoms with E-state index in [1.807, 2.05) is 0 Å². The molecule has 1 saturated heterocycles. The Labute approximate surface area is 100 Å². The Bertz CT molecular complexity index is 310. The third-order valence-corrected chi connectivity index (χ3v) is 2.62. The predicted molar refractivity (Wildman–Crippen MR) is 59.2 cm³/mol. The fourth-order valence-electron chi connectivity index (χ4n) is 1.78. The summed E-state index contributed by atoms with van der Waals surface area (Å²) in [5.41, 5.74) is 0. The van der Waals surface area contributed by atoms with Gasteiger partial charge in [0.1, 0.15) is 11.9 Å². The SMILES string of the molecule is CC(=O)O[C@@H]1CCC(=O)O[C@@H](C)CCC(=O)C1. The Morgan fingerprint density at radius 3 is 2.65 bits per heavy atom. The quantitative estimate of drug-likeness (QED) is 0.650. The van der Waals surface area contributed by atoms with Crippen molar-refractivity contribution in [1.29, 1.82) is 0 Å². The van der Waals surface area contributed by atoms with Gasteiger partial charge in [0.05, 0.1) is 6.10 Å². The van der Waals surface area contributed by atoms with E-state index in [1.54, 1.807) is 6.92 Å². The molecule has 96 valence electrons. The van der Waals surface area contributed by atoms with Crippen molar-refractivity contribution in [2.75, 3.05) is 0 Å². The molecule has 0 N–H and O–H groups in total. The number of Topliss-reactive ketones (excluding diaryl/α,β-unsaturated/α-hetero) is 1. The zero-order chi connectivity index (χ0) is 12.8. The first-order valence-electron chi connectivity index (χ1n) is 5.85. The molecule has 1 rings (SSSR count). The maximum absolute atomic E-state index is 11.6. The largest absolute Gasteiger partial charge is 0.463 e. The summed E-state index contributed by atoms with van der Waals surface area (Å²) in [6.45, 7) is 3.07. The van der Waals surface area contributed by atoms with E-state index < -0.39 is 12.1 Å². The van der Waals surface area contributed by atoms with E-state index in [-0.39, 0.29) is 30.7 Å². The van der Waals surface area contributed by atoms with Gasteiger partial charge in [0.2, 0.25) is 0 Å². The molecule has 0 amide bonds. The van der Waals surface area contributed by atoms with Crippen LogP contribution in [0.5, 0.6) is 0 Å². The van der Waals surface area contributed by atoms with Gasteiger partial charge < -0.3 is 9.47 Å². The van der Waals surface area contributed by atoms with E-state index in [2.05, 4.69) is 0 Å². The number of cyclic esters (lactones) is 1. The average molecular weight is 242 g/mol. The topological polar surface area (TPSA) is 69.7 Å². The molecule has 0 radical (unpaired) electrons.